The molecule has 0 amide bonds. The second kappa shape index (κ2) is 6.50. The van der Waals surface area contributed by atoms with E-state index in [-0.39, 0.29) is 5.54 Å². The van der Waals surface area contributed by atoms with Gasteiger partial charge in [0, 0.05) is 0 Å². The molecule has 1 nitrogen and oxygen atoms in total. The SMILES string of the molecule is C=CC(C)(c1ccccc1)N1CCC(c2ccccc2)CC1. The maximum atomic E-state index is 4.12. The van der Waals surface area contributed by atoms with Gasteiger partial charge in [0.25, 0.3) is 0 Å². The van der Waals surface area contributed by atoms with Crippen LogP contribution in [0, 0.1) is 0 Å². The molecule has 2 aromatic carbocycles. The van der Waals surface area contributed by atoms with Crippen LogP contribution in [0.1, 0.15) is 36.8 Å². The van der Waals surface area contributed by atoms with Gasteiger partial charge in [-0.2, -0.15) is 0 Å². The molecule has 0 radical (unpaired) electrons. The Hall–Kier alpha value is -1.86. The molecule has 1 fully saturated rings. The van der Waals surface area contributed by atoms with Crippen molar-refractivity contribution < 1.29 is 0 Å². The molecule has 114 valence electrons. The van der Waals surface area contributed by atoms with E-state index >= 15 is 0 Å². The van der Waals surface area contributed by atoms with Crippen LogP contribution in [0.3, 0.4) is 0 Å². The number of benzene rings is 2. The fourth-order valence-electron chi connectivity index (χ4n) is 3.61. The maximum absolute atomic E-state index is 4.12. The van der Waals surface area contributed by atoms with Crippen LogP contribution in [0.15, 0.2) is 73.3 Å². The highest BCUT2D eigenvalue weighted by Crippen LogP contribution is 2.36. The highest BCUT2D eigenvalue weighted by Gasteiger charge is 2.33. The summed E-state index contributed by atoms with van der Waals surface area (Å²) in [6, 6.07) is 21.7. The summed E-state index contributed by atoms with van der Waals surface area (Å²) in [5, 5.41) is 0. The van der Waals surface area contributed by atoms with Gasteiger partial charge in [-0.15, -0.1) is 6.58 Å². The first kappa shape index (κ1) is 15.1. The predicted octanol–water partition coefficient (Wildman–Crippen LogP) is 4.97. The van der Waals surface area contributed by atoms with Gasteiger partial charge in [0.15, 0.2) is 0 Å². The fraction of sp³-hybridized carbons (Fsp3) is 0.333. The summed E-state index contributed by atoms with van der Waals surface area (Å²) in [7, 11) is 0. The fourth-order valence-corrected chi connectivity index (χ4v) is 3.61. The lowest BCUT2D eigenvalue weighted by Gasteiger charge is -2.44. The van der Waals surface area contributed by atoms with Gasteiger partial charge in [-0.05, 0) is 49.9 Å². The van der Waals surface area contributed by atoms with Crippen molar-refractivity contribution in [2.45, 2.75) is 31.2 Å². The second-order valence-corrected chi connectivity index (χ2v) is 6.39. The molecule has 0 N–H and O–H groups in total. The number of rotatable bonds is 4. The van der Waals surface area contributed by atoms with E-state index in [9.17, 15) is 0 Å². The van der Waals surface area contributed by atoms with E-state index in [2.05, 4.69) is 85.1 Å². The monoisotopic (exact) mass is 291 g/mol. The average Bonchev–Trinajstić information content (AvgIpc) is 2.63. The molecular weight excluding hydrogens is 266 g/mol. The van der Waals surface area contributed by atoms with Gasteiger partial charge >= 0.3 is 0 Å². The zero-order valence-electron chi connectivity index (χ0n) is 13.4. The van der Waals surface area contributed by atoms with Gasteiger partial charge in [-0.1, -0.05) is 66.7 Å². The van der Waals surface area contributed by atoms with Gasteiger partial charge in [0.1, 0.15) is 0 Å². The molecule has 1 unspecified atom stereocenters. The van der Waals surface area contributed by atoms with Crippen molar-refractivity contribution in [1.82, 2.24) is 4.90 Å². The van der Waals surface area contributed by atoms with Crippen LogP contribution in [0.25, 0.3) is 0 Å². The summed E-state index contributed by atoms with van der Waals surface area (Å²) in [4.78, 5) is 2.58. The standard InChI is InChI=1S/C21H25N/c1-3-21(2,20-12-8-5-9-13-20)22-16-14-19(15-17-22)18-10-6-4-7-11-18/h3-13,19H,1,14-17H2,2H3. The Kier molecular flexibility index (Phi) is 4.44. The molecule has 3 rings (SSSR count). The van der Waals surface area contributed by atoms with E-state index in [1.165, 1.54) is 24.0 Å². The molecule has 1 aliphatic rings. The third-order valence-electron chi connectivity index (χ3n) is 5.18. The zero-order valence-corrected chi connectivity index (χ0v) is 13.4. The lowest BCUT2D eigenvalue weighted by atomic mass is 9.84. The molecule has 2 aromatic rings. The lowest BCUT2D eigenvalue weighted by Crippen LogP contribution is -2.46. The van der Waals surface area contributed by atoms with Gasteiger partial charge < -0.3 is 0 Å². The Labute approximate surface area is 134 Å². The molecular formula is C21H25N. The maximum Gasteiger partial charge on any atom is 0.0614 e. The zero-order chi connectivity index (χ0) is 15.4. The number of nitrogens with zero attached hydrogens (tertiary/aromatic N) is 1. The molecule has 0 aliphatic carbocycles. The summed E-state index contributed by atoms with van der Waals surface area (Å²) in [5.41, 5.74) is 2.76. The average molecular weight is 291 g/mol. The third-order valence-corrected chi connectivity index (χ3v) is 5.18. The summed E-state index contributed by atoms with van der Waals surface area (Å²) in [6.07, 6.45) is 4.55. The number of likely N-dealkylation sites (tertiary alicyclic amines) is 1. The first-order valence-electron chi connectivity index (χ1n) is 8.23. The van der Waals surface area contributed by atoms with Crippen molar-refractivity contribution in [2.75, 3.05) is 13.1 Å². The Balaban J connectivity index is 1.74. The normalized spacial score (nSPS) is 19.5. The summed E-state index contributed by atoms with van der Waals surface area (Å²) >= 11 is 0. The van der Waals surface area contributed by atoms with Crippen molar-refractivity contribution in [3.8, 4) is 0 Å². The van der Waals surface area contributed by atoms with Gasteiger partial charge in [-0.25, -0.2) is 0 Å². The molecule has 0 spiro atoms. The van der Waals surface area contributed by atoms with E-state index in [4.69, 9.17) is 0 Å². The third kappa shape index (κ3) is 2.86. The number of hydrogen-bond donors (Lipinski definition) is 0. The Morgan fingerprint density at radius 1 is 0.955 bits per heavy atom. The van der Waals surface area contributed by atoms with Crippen molar-refractivity contribution in [3.05, 3.63) is 84.4 Å². The second-order valence-electron chi connectivity index (χ2n) is 6.39. The smallest absolute Gasteiger partial charge is 0.0614 e. The molecule has 0 saturated carbocycles. The Morgan fingerprint density at radius 3 is 2.05 bits per heavy atom. The molecule has 1 aliphatic heterocycles. The van der Waals surface area contributed by atoms with Crippen LogP contribution in [-0.4, -0.2) is 18.0 Å². The van der Waals surface area contributed by atoms with E-state index in [0.29, 0.717) is 5.92 Å². The van der Waals surface area contributed by atoms with Crippen molar-refractivity contribution in [3.63, 3.8) is 0 Å². The van der Waals surface area contributed by atoms with E-state index in [0.717, 1.165) is 13.1 Å². The quantitative estimate of drug-likeness (QED) is 0.719. The molecule has 1 heterocycles. The number of piperidine rings is 1. The van der Waals surface area contributed by atoms with Crippen LogP contribution in [0.5, 0.6) is 0 Å². The van der Waals surface area contributed by atoms with Gasteiger partial charge in [0.05, 0.1) is 5.54 Å². The van der Waals surface area contributed by atoms with Crippen molar-refractivity contribution in [1.29, 1.82) is 0 Å². The largest absolute Gasteiger partial charge is 0.291 e. The summed E-state index contributed by atoms with van der Waals surface area (Å²) in [6.45, 7) is 8.65. The highest BCUT2D eigenvalue weighted by atomic mass is 15.2. The van der Waals surface area contributed by atoms with Crippen LogP contribution < -0.4 is 0 Å². The Morgan fingerprint density at radius 2 is 1.50 bits per heavy atom. The minimum absolute atomic E-state index is 0.0665. The lowest BCUT2D eigenvalue weighted by molar-refractivity contribution is 0.109. The van der Waals surface area contributed by atoms with Crippen LogP contribution >= 0.6 is 0 Å². The van der Waals surface area contributed by atoms with Crippen molar-refractivity contribution >= 4 is 0 Å². The van der Waals surface area contributed by atoms with Crippen LogP contribution in [0.4, 0.5) is 0 Å². The number of hydrogen-bond acceptors (Lipinski definition) is 1. The first-order chi connectivity index (χ1) is 10.7. The molecule has 0 aromatic heterocycles. The van der Waals surface area contributed by atoms with E-state index < -0.39 is 0 Å². The summed E-state index contributed by atoms with van der Waals surface area (Å²) in [5.74, 6) is 0.697. The molecule has 1 atom stereocenters. The predicted molar refractivity (Wildman–Crippen MR) is 94.0 cm³/mol. The van der Waals surface area contributed by atoms with Crippen LogP contribution in [0.2, 0.25) is 0 Å². The minimum atomic E-state index is -0.0665. The first-order valence-corrected chi connectivity index (χ1v) is 8.23. The minimum Gasteiger partial charge on any atom is -0.291 e. The molecule has 1 heteroatoms. The van der Waals surface area contributed by atoms with Gasteiger partial charge in [0.2, 0.25) is 0 Å². The van der Waals surface area contributed by atoms with Gasteiger partial charge in [-0.3, -0.25) is 4.90 Å². The molecule has 1 saturated heterocycles. The molecule has 0 bridgehead atoms. The highest BCUT2D eigenvalue weighted by molar-refractivity contribution is 5.29. The Bertz CT molecular complexity index is 596. The topological polar surface area (TPSA) is 3.24 Å². The van der Waals surface area contributed by atoms with E-state index in [1.807, 2.05) is 0 Å². The molecule has 22 heavy (non-hydrogen) atoms. The summed E-state index contributed by atoms with van der Waals surface area (Å²) < 4.78 is 0. The van der Waals surface area contributed by atoms with Crippen molar-refractivity contribution in [2.24, 2.45) is 0 Å². The van der Waals surface area contributed by atoms with E-state index in [1.54, 1.807) is 0 Å². The van der Waals surface area contributed by atoms with Crippen LogP contribution in [-0.2, 0) is 5.54 Å².